The van der Waals surface area contributed by atoms with Gasteiger partial charge in [0.1, 0.15) is 5.75 Å². The maximum Gasteiger partial charge on any atom is 0.221 e. The molecular weight excluding hydrogens is 192 g/mol. The van der Waals surface area contributed by atoms with Crippen molar-refractivity contribution in [3.05, 3.63) is 23.8 Å². The number of ether oxygens (including phenoxy) is 1. The van der Waals surface area contributed by atoms with E-state index in [1.165, 1.54) is 6.92 Å². The molecule has 0 saturated heterocycles. The number of rotatable bonds is 4. The van der Waals surface area contributed by atoms with Gasteiger partial charge in [0.15, 0.2) is 0 Å². The van der Waals surface area contributed by atoms with Crippen LogP contribution in [0.2, 0.25) is 0 Å². The van der Waals surface area contributed by atoms with Crippen molar-refractivity contribution in [3.8, 4) is 5.75 Å². The van der Waals surface area contributed by atoms with Gasteiger partial charge in [-0.1, -0.05) is 6.07 Å². The highest BCUT2D eigenvalue weighted by Gasteiger charge is 2.05. The molecule has 0 aliphatic heterocycles. The summed E-state index contributed by atoms with van der Waals surface area (Å²) in [5.74, 6) is 0.569. The maximum absolute atomic E-state index is 11.0. The van der Waals surface area contributed by atoms with Crippen LogP contribution in [0.4, 0.5) is 5.69 Å². The Bertz CT molecular complexity index is 350. The standard InChI is InChI=1S/C11H16N2O2/c1-8(14)13-10-6-9(7-12-2)4-5-11(10)15-3/h4-6,12H,7H2,1-3H3,(H,13,14). The van der Waals surface area contributed by atoms with E-state index in [4.69, 9.17) is 4.74 Å². The fraction of sp³-hybridized carbons (Fsp3) is 0.364. The maximum atomic E-state index is 11.0. The van der Waals surface area contributed by atoms with Crippen LogP contribution in [0.5, 0.6) is 5.75 Å². The zero-order valence-electron chi connectivity index (χ0n) is 9.26. The average Bonchev–Trinajstić information content (AvgIpc) is 2.18. The van der Waals surface area contributed by atoms with E-state index in [-0.39, 0.29) is 5.91 Å². The molecule has 1 amide bonds. The molecule has 1 rings (SSSR count). The zero-order chi connectivity index (χ0) is 11.3. The number of carbonyl (C=O) groups is 1. The molecule has 0 aliphatic rings. The number of carbonyl (C=O) groups excluding carboxylic acids is 1. The highest BCUT2D eigenvalue weighted by atomic mass is 16.5. The van der Waals surface area contributed by atoms with Crippen molar-refractivity contribution in [1.29, 1.82) is 0 Å². The molecule has 2 N–H and O–H groups in total. The van der Waals surface area contributed by atoms with Crippen LogP contribution in [0.15, 0.2) is 18.2 Å². The predicted octanol–water partition coefficient (Wildman–Crippen LogP) is 1.37. The first-order chi connectivity index (χ1) is 7.17. The lowest BCUT2D eigenvalue weighted by Gasteiger charge is -2.10. The number of hydrogen-bond donors (Lipinski definition) is 2. The Kier molecular flexibility index (Phi) is 4.12. The van der Waals surface area contributed by atoms with Crippen molar-refractivity contribution < 1.29 is 9.53 Å². The summed E-state index contributed by atoms with van der Waals surface area (Å²) in [7, 11) is 3.46. The highest BCUT2D eigenvalue weighted by molar-refractivity contribution is 5.90. The molecule has 0 bridgehead atoms. The van der Waals surface area contributed by atoms with Gasteiger partial charge in [0.2, 0.25) is 5.91 Å². The molecule has 15 heavy (non-hydrogen) atoms. The number of anilines is 1. The first-order valence-corrected chi connectivity index (χ1v) is 4.76. The monoisotopic (exact) mass is 208 g/mol. The quantitative estimate of drug-likeness (QED) is 0.785. The Labute approximate surface area is 89.6 Å². The fourth-order valence-electron chi connectivity index (χ4n) is 1.36. The summed E-state index contributed by atoms with van der Waals surface area (Å²) in [6.45, 7) is 2.24. The molecule has 0 radical (unpaired) electrons. The molecule has 0 aromatic heterocycles. The first-order valence-electron chi connectivity index (χ1n) is 4.76. The summed E-state index contributed by atoms with van der Waals surface area (Å²) >= 11 is 0. The van der Waals surface area contributed by atoms with Crippen molar-refractivity contribution in [2.45, 2.75) is 13.5 Å². The molecule has 4 nitrogen and oxygen atoms in total. The topological polar surface area (TPSA) is 50.4 Å². The van der Waals surface area contributed by atoms with Gasteiger partial charge in [0.25, 0.3) is 0 Å². The van der Waals surface area contributed by atoms with Crippen molar-refractivity contribution in [2.24, 2.45) is 0 Å². The number of hydrogen-bond acceptors (Lipinski definition) is 3. The second kappa shape index (κ2) is 5.36. The normalized spacial score (nSPS) is 9.80. The van der Waals surface area contributed by atoms with Crippen LogP contribution in [-0.2, 0) is 11.3 Å². The second-order valence-corrected chi connectivity index (χ2v) is 3.25. The molecular formula is C11H16N2O2. The van der Waals surface area contributed by atoms with E-state index < -0.39 is 0 Å². The minimum atomic E-state index is -0.102. The largest absolute Gasteiger partial charge is 0.495 e. The van der Waals surface area contributed by atoms with Crippen molar-refractivity contribution >= 4 is 11.6 Å². The smallest absolute Gasteiger partial charge is 0.221 e. The van der Waals surface area contributed by atoms with Gasteiger partial charge >= 0.3 is 0 Å². The summed E-state index contributed by atoms with van der Waals surface area (Å²) < 4.78 is 5.14. The Hall–Kier alpha value is -1.55. The van der Waals surface area contributed by atoms with Crippen LogP contribution in [-0.4, -0.2) is 20.1 Å². The first kappa shape index (κ1) is 11.5. The molecule has 0 spiro atoms. The average molecular weight is 208 g/mol. The fourth-order valence-corrected chi connectivity index (χ4v) is 1.36. The number of amides is 1. The minimum Gasteiger partial charge on any atom is -0.495 e. The molecule has 0 aliphatic carbocycles. The third-order valence-electron chi connectivity index (χ3n) is 1.96. The summed E-state index contributed by atoms with van der Waals surface area (Å²) in [5.41, 5.74) is 1.81. The predicted molar refractivity (Wildman–Crippen MR) is 60.1 cm³/mol. The van der Waals surface area contributed by atoms with Crippen LogP contribution in [0, 0.1) is 0 Å². The molecule has 0 unspecified atom stereocenters. The van der Waals surface area contributed by atoms with Gasteiger partial charge in [-0.05, 0) is 24.7 Å². The lowest BCUT2D eigenvalue weighted by Crippen LogP contribution is -2.09. The lowest BCUT2D eigenvalue weighted by molar-refractivity contribution is -0.114. The minimum absolute atomic E-state index is 0.102. The van der Waals surface area contributed by atoms with E-state index in [1.54, 1.807) is 7.11 Å². The molecule has 0 saturated carbocycles. The Morgan fingerprint density at radius 1 is 1.47 bits per heavy atom. The SMILES string of the molecule is CNCc1ccc(OC)c(NC(C)=O)c1. The molecule has 82 valence electrons. The van der Waals surface area contributed by atoms with Gasteiger partial charge in [-0.3, -0.25) is 4.79 Å². The molecule has 4 heteroatoms. The Balaban J connectivity index is 2.96. The van der Waals surface area contributed by atoms with E-state index in [9.17, 15) is 4.79 Å². The van der Waals surface area contributed by atoms with Crippen molar-refractivity contribution in [3.63, 3.8) is 0 Å². The van der Waals surface area contributed by atoms with E-state index in [0.717, 1.165) is 12.1 Å². The summed E-state index contributed by atoms with van der Waals surface area (Å²) in [5, 5.41) is 5.78. The van der Waals surface area contributed by atoms with Gasteiger partial charge in [-0.15, -0.1) is 0 Å². The third-order valence-corrected chi connectivity index (χ3v) is 1.96. The number of benzene rings is 1. The van der Waals surface area contributed by atoms with Crippen LogP contribution in [0.3, 0.4) is 0 Å². The van der Waals surface area contributed by atoms with Crippen LogP contribution < -0.4 is 15.4 Å². The summed E-state index contributed by atoms with van der Waals surface area (Å²) in [4.78, 5) is 11.0. The Morgan fingerprint density at radius 2 is 2.20 bits per heavy atom. The molecule has 1 aromatic rings. The van der Waals surface area contributed by atoms with Crippen LogP contribution in [0.25, 0.3) is 0 Å². The number of methoxy groups -OCH3 is 1. The van der Waals surface area contributed by atoms with E-state index in [1.807, 2.05) is 25.2 Å². The number of nitrogens with one attached hydrogen (secondary N) is 2. The van der Waals surface area contributed by atoms with Crippen molar-refractivity contribution in [2.75, 3.05) is 19.5 Å². The van der Waals surface area contributed by atoms with Gasteiger partial charge in [-0.2, -0.15) is 0 Å². The lowest BCUT2D eigenvalue weighted by atomic mass is 10.2. The molecule has 0 fully saturated rings. The highest BCUT2D eigenvalue weighted by Crippen LogP contribution is 2.25. The van der Waals surface area contributed by atoms with Gasteiger partial charge in [0, 0.05) is 13.5 Å². The van der Waals surface area contributed by atoms with Gasteiger partial charge in [0.05, 0.1) is 12.8 Å². The Morgan fingerprint density at radius 3 is 2.73 bits per heavy atom. The molecule has 1 aromatic carbocycles. The summed E-state index contributed by atoms with van der Waals surface area (Å²) in [6.07, 6.45) is 0. The van der Waals surface area contributed by atoms with Crippen molar-refractivity contribution in [1.82, 2.24) is 5.32 Å². The van der Waals surface area contributed by atoms with Gasteiger partial charge < -0.3 is 15.4 Å². The zero-order valence-corrected chi connectivity index (χ0v) is 9.26. The molecule has 0 heterocycles. The van der Waals surface area contributed by atoms with E-state index >= 15 is 0 Å². The second-order valence-electron chi connectivity index (χ2n) is 3.25. The van der Waals surface area contributed by atoms with Crippen LogP contribution in [0.1, 0.15) is 12.5 Å². The molecule has 0 atom stereocenters. The third kappa shape index (κ3) is 3.25. The van der Waals surface area contributed by atoms with E-state index in [0.29, 0.717) is 11.4 Å². The summed E-state index contributed by atoms with van der Waals surface area (Å²) in [6, 6.07) is 5.70. The van der Waals surface area contributed by atoms with Gasteiger partial charge in [-0.25, -0.2) is 0 Å². The van der Waals surface area contributed by atoms with Crippen LogP contribution >= 0.6 is 0 Å². The van der Waals surface area contributed by atoms with E-state index in [2.05, 4.69) is 10.6 Å².